The Labute approximate surface area is 153 Å². The lowest BCUT2D eigenvalue weighted by Gasteiger charge is -2.06. The summed E-state index contributed by atoms with van der Waals surface area (Å²) in [6.07, 6.45) is 3.41. The molecule has 0 aliphatic carbocycles. The second-order valence-electron chi connectivity index (χ2n) is 5.74. The van der Waals surface area contributed by atoms with Gasteiger partial charge in [-0.3, -0.25) is 4.79 Å². The van der Waals surface area contributed by atoms with Crippen LogP contribution in [0, 0.1) is 13.8 Å². The highest BCUT2D eigenvalue weighted by Crippen LogP contribution is 2.32. The van der Waals surface area contributed by atoms with Crippen LogP contribution in [0.4, 0.5) is 5.69 Å². The summed E-state index contributed by atoms with van der Waals surface area (Å²) in [6, 6.07) is 8.93. The quantitative estimate of drug-likeness (QED) is 0.593. The van der Waals surface area contributed by atoms with E-state index in [0.717, 1.165) is 0 Å². The molecule has 0 aliphatic rings. The Morgan fingerprint density at radius 3 is 2.85 bits per heavy atom. The van der Waals surface area contributed by atoms with Crippen molar-refractivity contribution < 1.29 is 9.32 Å². The van der Waals surface area contributed by atoms with Crippen molar-refractivity contribution in [2.45, 2.75) is 13.8 Å². The average molecular weight is 368 g/mol. The number of amides is 1. The van der Waals surface area contributed by atoms with Gasteiger partial charge in [0.05, 0.1) is 10.7 Å². The van der Waals surface area contributed by atoms with Crippen molar-refractivity contribution in [2.24, 2.45) is 0 Å². The fourth-order valence-corrected chi connectivity index (χ4v) is 3.02. The molecule has 26 heavy (non-hydrogen) atoms. The maximum atomic E-state index is 13.0. The molecule has 7 nitrogen and oxygen atoms in total. The van der Waals surface area contributed by atoms with E-state index in [-0.39, 0.29) is 5.91 Å². The van der Waals surface area contributed by atoms with Crippen molar-refractivity contribution in [3.05, 3.63) is 64.8 Å². The summed E-state index contributed by atoms with van der Waals surface area (Å²) in [4.78, 5) is 17.3. The van der Waals surface area contributed by atoms with E-state index < -0.39 is 0 Å². The molecule has 1 aromatic carbocycles. The second kappa shape index (κ2) is 6.27. The molecular weight excluding hydrogens is 354 g/mol. The van der Waals surface area contributed by atoms with Gasteiger partial charge in [-0.25, -0.2) is 9.50 Å². The Bertz CT molecular complexity index is 1130. The predicted octanol–water partition coefficient (Wildman–Crippen LogP) is 3.91. The van der Waals surface area contributed by atoms with E-state index in [2.05, 4.69) is 20.6 Å². The number of halogens is 1. The SMILES string of the molecule is Cc1nn2cccnc2c1NC(=O)c1c(-c2ccccc2Cl)noc1C. The third-order valence-electron chi connectivity index (χ3n) is 4.03. The highest BCUT2D eigenvalue weighted by Gasteiger charge is 2.24. The predicted molar refractivity (Wildman–Crippen MR) is 97.4 cm³/mol. The highest BCUT2D eigenvalue weighted by atomic mass is 35.5. The van der Waals surface area contributed by atoms with E-state index in [1.165, 1.54) is 0 Å². The van der Waals surface area contributed by atoms with Crippen LogP contribution in [-0.2, 0) is 0 Å². The fraction of sp³-hybridized carbons (Fsp3) is 0.111. The first-order valence-corrected chi connectivity index (χ1v) is 8.26. The highest BCUT2D eigenvalue weighted by molar-refractivity contribution is 6.33. The Kier molecular flexibility index (Phi) is 3.93. The van der Waals surface area contributed by atoms with Crippen molar-refractivity contribution >= 4 is 28.8 Å². The zero-order chi connectivity index (χ0) is 18.3. The molecule has 0 saturated carbocycles. The average Bonchev–Trinajstić information content (AvgIpc) is 3.16. The number of hydrogen-bond acceptors (Lipinski definition) is 5. The topological polar surface area (TPSA) is 85.3 Å². The number of anilines is 1. The molecule has 0 spiro atoms. The van der Waals surface area contributed by atoms with Crippen LogP contribution >= 0.6 is 11.6 Å². The number of hydrogen-bond donors (Lipinski definition) is 1. The molecule has 8 heteroatoms. The third kappa shape index (κ3) is 2.62. The van der Waals surface area contributed by atoms with E-state index >= 15 is 0 Å². The number of aryl methyl sites for hydroxylation is 2. The van der Waals surface area contributed by atoms with Crippen molar-refractivity contribution in [1.29, 1.82) is 0 Å². The zero-order valence-corrected chi connectivity index (χ0v) is 14.8. The summed E-state index contributed by atoms with van der Waals surface area (Å²) in [6.45, 7) is 3.49. The van der Waals surface area contributed by atoms with Crippen LogP contribution in [0.1, 0.15) is 21.8 Å². The van der Waals surface area contributed by atoms with Crippen molar-refractivity contribution in [1.82, 2.24) is 19.8 Å². The Morgan fingerprint density at radius 2 is 2.04 bits per heavy atom. The van der Waals surface area contributed by atoms with Crippen LogP contribution < -0.4 is 5.32 Å². The van der Waals surface area contributed by atoms with Crippen LogP contribution in [0.25, 0.3) is 16.9 Å². The number of aromatic nitrogens is 4. The monoisotopic (exact) mass is 367 g/mol. The number of benzene rings is 1. The summed E-state index contributed by atoms with van der Waals surface area (Å²) in [5.41, 5.74) is 3.12. The first kappa shape index (κ1) is 16.3. The number of fused-ring (bicyclic) bond motifs is 1. The lowest BCUT2D eigenvalue weighted by Crippen LogP contribution is -2.14. The normalized spacial score (nSPS) is 11.0. The molecule has 3 aromatic heterocycles. The summed E-state index contributed by atoms with van der Waals surface area (Å²) < 4.78 is 6.87. The third-order valence-corrected chi connectivity index (χ3v) is 4.36. The second-order valence-corrected chi connectivity index (χ2v) is 6.15. The number of rotatable bonds is 3. The Morgan fingerprint density at radius 1 is 1.23 bits per heavy atom. The van der Waals surface area contributed by atoms with Gasteiger partial charge in [0.15, 0.2) is 5.65 Å². The van der Waals surface area contributed by atoms with E-state index in [9.17, 15) is 4.79 Å². The summed E-state index contributed by atoms with van der Waals surface area (Å²) in [5, 5.41) is 11.7. The molecule has 0 atom stereocenters. The first-order chi connectivity index (χ1) is 12.6. The van der Waals surface area contributed by atoms with Gasteiger partial charge < -0.3 is 9.84 Å². The van der Waals surface area contributed by atoms with Gasteiger partial charge in [-0.05, 0) is 26.0 Å². The van der Waals surface area contributed by atoms with Crippen molar-refractivity contribution in [3.63, 3.8) is 0 Å². The number of nitrogens with zero attached hydrogens (tertiary/aromatic N) is 4. The molecule has 4 rings (SSSR count). The van der Waals surface area contributed by atoms with Crippen LogP contribution in [0.15, 0.2) is 47.2 Å². The molecule has 0 unspecified atom stereocenters. The molecule has 4 aromatic rings. The van der Waals surface area contributed by atoms with Crippen LogP contribution in [0.5, 0.6) is 0 Å². The van der Waals surface area contributed by atoms with Crippen molar-refractivity contribution in [2.75, 3.05) is 5.32 Å². The smallest absolute Gasteiger partial charge is 0.261 e. The van der Waals surface area contributed by atoms with Gasteiger partial charge in [0.25, 0.3) is 5.91 Å². The fourth-order valence-electron chi connectivity index (χ4n) is 2.80. The van der Waals surface area contributed by atoms with Gasteiger partial charge in [0, 0.05) is 18.0 Å². The van der Waals surface area contributed by atoms with Crippen LogP contribution in [0.2, 0.25) is 5.02 Å². The van der Waals surface area contributed by atoms with E-state index in [1.807, 2.05) is 12.1 Å². The van der Waals surface area contributed by atoms with E-state index in [1.54, 1.807) is 49.0 Å². The largest absolute Gasteiger partial charge is 0.360 e. The Balaban J connectivity index is 1.77. The summed E-state index contributed by atoms with van der Waals surface area (Å²) in [5.74, 6) is 0.0434. The van der Waals surface area contributed by atoms with Gasteiger partial charge in [-0.15, -0.1) is 0 Å². The number of nitrogens with one attached hydrogen (secondary N) is 1. The molecule has 0 bridgehead atoms. The summed E-state index contributed by atoms with van der Waals surface area (Å²) >= 11 is 6.25. The zero-order valence-electron chi connectivity index (χ0n) is 14.0. The van der Waals surface area contributed by atoms with E-state index in [0.29, 0.717) is 44.6 Å². The molecule has 0 saturated heterocycles. The number of carbonyl (C=O) groups excluding carboxylic acids is 1. The minimum absolute atomic E-state index is 0.327. The van der Waals surface area contributed by atoms with Crippen LogP contribution in [-0.4, -0.2) is 25.7 Å². The van der Waals surface area contributed by atoms with Gasteiger partial charge in [0.1, 0.15) is 22.7 Å². The van der Waals surface area contributed by atoms with E-state index in [4.69, 9.17) is 16.1 Å². The molecule has 1 amide bonds. The molecular formula is C18H14ClN5O2. The lowest BCUT2D eigenvalue weighted by atomic mass is 10.1. The maximum Gasteiger partial charge on any atom is 0.261 e. The first-order valence-electron chi connectivity index (χ1n) is 7.88. The Hall–Kier alpha value is -3.19. The minimum Gasteiger partial charge on any atom is -0.360 e. The van der Waals surface area contributed by atoms with Gasteiger partial charge in [-0.1, -0.05) is 35.0 Å². The van der Waals surface area contributed by atoms with Gasteiger partial charge in [0.2, 0.25) is 0 Å². The standard InChI is InChI=1S/C18H14ClN5O2/c1-10-15(17-20-8-5-9-24(17)22-10)21-18(25)14-11(2)26-23-16(14)12-6-3-4-7-13(12)19/h3-9H,1-2H3,(H,21,25). The minimum atomic E-state index is -0.359. The molecule has 0 radical (unpaired) electrons. The number of carbonyl (C=O) groups is 1. The summed E-state index contributed by atoms with van der Waals surface area (Å²) in [7, 11) is 0. The van der Waals surface area contributed by atoms with Gasteiger partial charge >= 0.3 is 0 Å². The molecule has 130 valence electrons. The molecule has 0 fully saturated rings. The van der Waals surface area contributed by atoms with Gasteiger partial charge in [-0.2, -0.15) is 5.10 Å². The lowest BCUT2D eigenvalue weighted by molar-refractivity contribution is 0.102. The maximum absolute atomic E-state index is 13.0. The molecule has 3 heterocycles. The molecule has 0 aliphatic heterocycles. The molecule has 1 N–H and O–H groups in total. The van der Waals surface area contributed by atoms with Crippen molar-refractivity contribution in [3.8, 4) is 11.3 Å². The van der Waals surface area contributed by atoms with Crippen LogP contribution in [0.3, 0.4) is 0 Å².